The molecule has 2 unspecified atom stereocenters. The summed E-state index contributed by atoms with van der Waals surface area (Å²) in [5.74, 6) is 2.53. The fourth-order valence-electron chi connectivity index (χ4n) is 3.29. The average Bonchev–Trinajstić information content (AvgIpc) is 2.89. The predicted octanol–water partition coefficient (Wildman–Crippen LogP) is 4.00. The first kappa shape index (κ1) is 15.5. The van der Waals surface area contributed by atoms with Crippen molar-refractivity contribution < 1.29 is 4.52 Å². The van der Waals surface area contributed by atoms with Gasteiger partial charge in [0.15, 0.2) is 5.82 Å². The number of nitrogens with zero attached hydrogens (tertiary/aromatic N) is 2. The molecule has 1 aliphatic carbocycles. The van der Waals surface area contributed by atoms with Crippen molar-refractivity contribution in [3.05, 3.63) is 11.7 Å². The molecule has 114 valence electrons. The first-order chi connectivity index (χ1) is 9.76. The molecule has 1 saturated carbocycles. The average molecular weight is 279 g/mol. The molecule has 0 saturated heterocycles. The van der Waals surface area contributed by atoms with Gasteiger partial charge in [-0.05, 0) is 26.3 Å². The van der Waals surface area contributed by atoms with Gasteiger partial charge in [-0.2, -0.15) is 4.98 Å². The molecular weight excluding hydrogens is 250 g/mol. The number of hydrogen-bond acceptors (Lipinski definition) is 4. The fraction of sp³-hybridized carbons (Fsp3) is 0.875. The lowest BCUT2D eigenvalue weighted by atomic mass is 9.90. The summed E-state index contributed by atoms with van der Waals surface area (Å²) in [4.78, 5) is 4.71. The number of nitrogens with one attached hydrogen (secondary N) is 1. The van der Waals surface area contributed by atoms with Crippen molar-refractivity contribution in [1.82, 2.24) is 15.5 Å². The Morgan fingerprint density at radius 1 is 1.20 bits per heavy atom. The van der Waals surface area contributed by atoms with Gasteiger partial charge in [-0.25, -0.2) is 0 Å². The third-order valence-corrected chi connectivity index (χ3v) is 4.73. The second-order valence-electron chi connectivity index (χ2n) is 6.12. The Morgan fingerprint density at radius 3 is 2.45 bits per heavy atom. The van der Waals surface area contributed by atoms with Crippen LogP contribution in [0.4, 0.5) is 0 Å². The number of hydrogen-bond donors (Lipinski definition) is 1. The highest BCUT2D eigenvalue weighted by Crippen LogP contribution is 2.30. The molecule has 4 nitrogen and oxygen atoms in total. The quantitative estimate of drug-likeness (QED) is 0.885. The van der Waals surface area contributed by atoms with Gasteiger partial charge in [0.2, 0.25) is 5.89 Å². The number of rotatable bonds is 5. The number of likely N-dealkylation sites (N-methyl/N-ethyl adjacent to an activating group) is 1. The van der Waals surface area contributed by atoms with Gasteiger partial charge in [0.25, 0.3) is 0 Å². The van der Waals surface area contributed by atoms with Crippen molar-refractivity contribution in [2.24, 2.45) is 0 Å². The van der Waals surface area contributed by atoms with E-state index in [1.54, 1.807) is 0 Å². The SMILES string of the molecule is CCC(NC)C(C)c1nc(C2CCCCCCC2)no1. The minimum atomic E-state index is 0.278. The van der Waals surface area contributed by atoms with Crippen LogP contribution in [0, 0.1) is 0 Å². The molecule has 0 radical (unpaired) electrons. The molecule has 0 aliphatic heterocycles. The molecule has 0 aromatic carbocycles. The maximum atomic E-state index is 5.54. The van der Waals surface area contributed by atoms with Crippen LogP contribution in [0.2, 0.25) is 0 Å². The topological polar surface area (TPSA) is 51.0 Å². The highest BCUT2D eigenvalue weighted by Gasteiger charge is 2.24. The summed E-state index contributed by atoms with van der Waals surface area (Å²) in [5, 5.41) is 7.60. The highest BCUT2D eigenvalue weighted by molar-refractivity contribution is 5.01. The van der Waals surface area contributed by atoms with Crippen molar-refractivity contribution in [2.45, 2.75) is 83.1 Å². The summed E-state index contributed by atoms with van der Waals surface area (Å²) in [6.45, 7) is 4.35. The molecule has 20 heavy (non-hydrogen) atoms. The Morgan fingerprint density at radius 2 is 1.85 bits per heavy atom. The number of aromatic nitrogens is 2. The second-order valence-corrected chi connectivity index (χ2v) is 6.12. The van der Waals surface area contributed by atoms with Gasteiger partial charge in [0, 0.05) is 12.0 Å². The van der Waals surface area contributed by atoms with Gasteiger partial charge in [-0.15, -0.1) is 0 Å². The maximum Gasteiger partial charge on any atom is 0.231 e. The molecular formula is C16H29N3O. The monoisotopic (exact) mass is 279 g/mol. The van der Waals surface area contributed by atoms with Crippen molar-refractivity contribution in [2.75, 3.05) is 7.05 Å². The third-order valence-electron chi connectivity index (χ3n) is 4.73. The Labute approximate surface area is 122 Å². The van der Waals surface area contributed by atoms with E-state index in [4.69, 9.17) is 9.51 Å². The van der Waals surface area contributed by atoms with Gasteiger partial charge in [-0.3, -0.25) is 0 Å². The molecule has 1 aromatic rings. The van der Waals surface area contributed by atoms with E-state index in [-0.39, 0.29) is 5.92 Å². The minimum Gasteiger partial charge on any atom is -0.339 e. The Hall–Kier alpha value is -0.900. The van der Waals surface area contributed by atoms with Crippen LogP contribution in [0.5, 0.6) is 0 Å². The first-order valence-electron chi connectivity index (χ1n) is 8.27. The minimum absolute atomic E-state index is 0.278. The van der Waals surface area contributed by atoms with Crippen molar-refractivity contribution in [1.29, 1.82) is 0 Å². The van der Waals surface area contributed by atoms with Crippen LogP contribution >= 0.6 is 0 Å². The van der Waals surface area contributed by atoms with Gasteiger partial charge in [0.05, 0.1) is 5.92 Å². The largest absolute Gasteiger partial charge is 0.339 e. The van der Waals surface area contributed by atoms with E-state index in [1.165, 1.54) is 44.9 Å². The Bertz CT molecular complexity index is 379. The molecule has 1 aromatic heterocycles. The second kappa shape index (κ2) is 7.77. The molecule has 1 fully saturated rings. The molecule has 1 heterocycles. The normalized spacial score (nSPS) is 21.1. The van der Waals surface area contributed by atoms with E-state index < -0.39 is 0 Å². The summed E-state index contributed by atoms with van der Waals surface area (Å²) in [6, 6.07) is 0.403. The predicted molar refractivity (Wildman–Crippen MR) is 80.9 cm³/mol. The van der Waals surface area contributed by atoms with Crippen LogP contribution in [-0.2, 0) is 0 Å². The van der Waals surface area contributed by atoms with E-state index >= 15 is 0 Å². The molecule has 0 spiro atoms. The van der Waals surface area contributed by atoms with E-state index in [1.807, 2.05) is 7.05 Å². The lowest BCUT2D eigenvalue weighted by Crippen LogP contribution is -2.30. The van der Waals surface area contributed by atoms with Crippen molar-refractivity contribution in [3.63, 3.8) is 0 Å². The molecule has 2 rings (SSSR count). The van der Waals surface area contributed by atoms with Crippen LogP contribution in [0.15, 0.2) is 4.52 Å². The first-order valence-corrected chi connectivity index (χ1v) is 8.27. The highest BCUT2D eigenvalue weighted by atomic mass is 16.5. The molecule has 1 aliphatic rings. The third kappa shape index (κ3) is 3.81. The summed E-state index contributed by atoms with van der Waals surface area (Å²) in [7, 11) is 2.00. The summed E-state index contributed by atoms with van der Waals surface area (Å²) >= 11 is 0. The van der Waals surface area contributed by atoms with E-state index in [0.717, 1.165) is 18.1 Å². The zero-order valence-electron chi connectivity index (χ0n) is 13.2. The van der Waals surface area contributed by atoms with Crippen molar-refractivity contribution >= 4 is 0 Å². The van der Waals surface area contributed by atoms with E-state index in [2.05, 4.69) is 24.3 Å². The standard InChI is InChI=1S/C16H29N3O/c1-4-14(17-3)12(2)16-18-15(19-20-16)13-10-8-6-5-7-9-11-13/h12-14,17H,4-11H2,1-3H3. The summed E-state index contributed by atoms with van der Waals surface area (Å²) < 4.78 is 5.54. The Kier molecular flexibility index (Phi) is 6.02. The van der Waals surface area contributed by atoms with E-state index in [9.17, 15) is 0 Å². The molecule has 4 heteroatoms. The molecule has 1 N–H and O–H groups in total. The lowest BCUT2D eigenvalue weighted by Gasteiger charge is -2.18. The Balaban J connectivity index is 2.03. The smallest absolute Gasteiger partial charge is 0.231 e. The van der Waals surface area contributed by atoms with Crippen LogP contribution in [0.1, 0.15) is 88.8 Å². The van der Waals surface area contributed by atoms with Crippen LogP contribution in [0.3, 0.4) is 0 Å². The zero-order chi connectivity index (χ0) is 14.4. The van der Waals surface area contributed by atoms with Crippen molar-refractivity contribution in [3.8, 4) is 0 Å². The van der Waals surface area contributed by atoms with Gasteiger partial charge < -0.3 is 9.84 Å². The summed E-state index contributed by atoms with van der Waals surface area (Å²) in [5.41, 5.74) is 0. The molecule has 0 bridgehead atoms. The van der Waals surface area contributed by atoms with Gasteiger partial charge in [0.1, 0.15) is 0 Å². The van der Waals surface area contributed by atoms with E-state index in [0.29, 0.717) is 12.0 Å². The lowest BCUT2D eigenvalue weighted by molar-refractivity contribution is 0.320. The maximum absolute atomic E-state index is 5.54. The van der Waals surface area contributed by atoms with Gasteiger partial charge in [-0.1, -0.05) is 51.1 Å². The fourth-order valence-corrected chi connectivity index (χ4v) is 3.29. The van der Waals surface area contributed by atoms with Crippen LogP contribution in [0.25, 0.3) is 0 Å². The van der Waals surface area contributed by atoms with Crippen LogP contribution < -0.4 is 5.32 Å². The van der Waals surface area contributed by atoms with Crippen LogP contribution in [-0.4, -0.2) is 23.2 Å². The molecule has 2 atom stereocenters. The molecule has 0 amide bonds. The summed E-state index contributed by atoms with van der Waals surface area (Å²) in [6.07, 6.45) is 10.2. The van der Waals surface area contributed by atoms with Gasteiger partial charge >= 0.3 is 0 Å². The zero-order valence-corrected chi connectivity index (χ0v) is 13.2.